The predicted octanol–water partition coefficient (Wildman–Crippen LogP) is 3.99. The summed E-state index contributed by atoms with van der Waals surface area (Å²) in [7, 11) is 0. The summed E-state index contributed by atoms with van der Waals surface area (Å²) >= 11 is 3.45. The fraction of sp³-hybridized carbons (Fsp3) is 0.533. The molecule has 2 rings (SSSR count). The highest BCUT2D eigenvalue weighted by molar-refractivity contribution is 9.10. The van der Waals surface area contributed by atoms with Crippen molar-refractivity contribution < 1.29 is 14.3 Å². The van der Waals surface area contributed by atoms with Crippen LogP contribution in [-0.4, -0.2) is 25.1 Å². The molecular weight excluding hydrogens is 308 g/mol. The van der Waals surface area contributed by atoms with E-state index in [2.05, 4.69) is 22.9 Å². The Labute approximate surface area is 122 Å². The molecule has 0 spiro atoms. The van der Waals surface area contributed by atoms with Crippen molar-refractivity contribution >= 4 is 21.7 Å². The molecule has 1 fully saturated rings. The fourth-order valence-electron chi connectivity index (χ4n) is 2.13. The van der Waals surface area contributed by atoms with Crippen LogP contribution in [0.2, 0.25) is 0 Å². The predicted molar refractivity (Wildman–Crippen MR) is 77.8 cm³/mol. The number of Topliss-reactive ketones (excluding diaryl/α,β-unsaturated/α-hetero) is 1. The molecule has 1 unspecified atom stereocenters. The lowest BCUT2D eigenvalue weighted by atomic mass is 10.0. The van der Waals surface area contributed by atoms with Crippen LogP contribution in [-0.2, 0) is 4.74 Å². The summed E-state index contributed by atoms with van der Waals surface area (Å²) in [5.41, 5.74) is 0.714. The molecule has 1 saturated heterocycles. The van der Waals surface area contributed by atoms with E-state index in [9.17, 15) is 4.79 Å². The first-order valence-corrected chi connectivity index (χ1v) is 7.57. The number of carbonyl (C=O) groups excluding carboxylic acids is 1. The molecule has 0 aliphatic carbocycles. The maximum atomic E-state index is 12.1. The standard InChI is InChI=1S/C15H19BrO3/c1-2-7-19-15-6-5-11(9-13(15)16)14(17)10-12-4-3-8-18-12/h5-6,9,12H,2-4,7-8,10H2,1H3. The van der Waals surface area contributed by atoms with E-state index in [0.717, 1.165) is 36.1 Å². The second-order valence-corrected chi connectivity index (χ2v) is 5.61. The second-order valence-electron chi connectivity index (χ2n) is 4.76. The van der Waals surface area contributed by atoms with Crippen LogP contribution in [0.1, 0.15) is 43.0 Å². The van der Waals surface area contributed by atoms with Gasteiger partial charge in [0.1, 0.15) is 5.75 Å². The number of ketones is 1. The van der Waals surface area contributed by atoms with E-state index in [1.807, 2.05) is 18.2 Å². The molecule has 0 amide bonds. The van der Waals surface area contributed by atoms with E-state index in [0.29, 0.717) is 18.6 Å². The molecule has 1 aromatic rings. The van der Waals surface area contributed by atoms with Crippen molar-refractivity contribution in [2.75, 3.05) is 13.2 Å². The van der Waals surface area contributed by atoms with Crippen molar-refractivity contribution in [3.63, 3.8) is 0 Å². The monoisotopic (exact) mass is 326 g/mol. The Hall–Kier alpha value is -0.870. The number of halogens is 1. The first-order valence-electron chi connectivity index (χ1n) is 6.78. The van der Waals surface area contributed by atoms with Gasteiger partial charge in [0, 0.05) is 18.6 Å². The first kappa shape index (κ1) is 14.5. The molecule has 104 valence electrons. The molecule has 19 heavy (non-hydrogen) atoms. The van der Waals surface area contributed by atoms with E-state index >= 15 is 0 Å². The molecule has 1 heterocycles. The van der Waals surface area contributed by atoms with E-state index in [1.54, 1.807) is 0 Å². The third-order valence-electron chi connectivity index (χ3n) is 3.15. The van der Waals surface area contributed by atoms with Gasteiger partial charge in [-0.3, -0.25) is 4.79 Å². The third kappa shape index (κ3) is 4.05. The molecular formula is C15H19BrO3. The molecule has 1 aromatic carbocycles. The zero-order chi connectivity index (χ0) is 13.7. The van der Waals surface area contributed by atoms with E-state index in [4.69, 9.17) is 9.47 Å². The van der Waals surface area contributed by atoms with Crippen LogP contribution < -0.4 is 4.74 Å². The van der Waals surface area contributed by atoms with Crippen LogP contribution in [0.15, 0.2) is 22.7 Å². The zero-order valence-electron chi connectivity index (χ0n) is 11.2. The van der Waals surface area contributed by atoms with Crippen LogP contribution >= 0.6 is 15.9 Å². The highest BCUT2D eigenvalue weighted by Crippen LogP contribution is 2.27. The van der Waals surface area contributed by atoms with Crippen molar-refractivity contribution in [2.45, 2.75) is 38.7 Å². The van der Waals surface area contributed by atoms with Crippen molar-refractivity contribution in [3.8, 4) is 5.75 Å². The highest BCUT2D eigenvalue weighted by atomic mass is 79.9. The molecule has 1 atom stereocenters. The lowest BCUT2D eigenvalue weighted by molar-refractivity contribution is 0.0775. The molecule has 1 aliphatic heterocycles. The molecule has 0 saturated carbocycles. The van der Waals surface area contributed by atoms with Crippen molar-refractivity contribution in [1.29, 1.82) is 0 Å². The normalized spacial score (nSPS) is 18.5. The summed E-state index contributed by atoms with van der Waals surface area (Å²) in [5.74, 6) is 0.921. The van der Waals surface area contributed by atoms with Crippen LogP contribution in [0.3, 0.4) is 0 Å². The maximum Gasteiger partial charge on any atom is 0.165 e. The fourth-order valence-corrected chi connectivity index (χ4v) is 2.63. The van der Waals surface area contributed by atoms with Gasteiger partial charge in [-0.25, -0.2) is 0 Å². The summed E-state index contributed by atoms with van der Waals surface area (Å²) < 4.78 is 11.9. The van der Waals surface area contributed by atoms with Gasteiger partial charge in [-0.15, -0.1) is 0 Å². The quantitative estimate of drug-likeness (QED) is 0.741. The van der Waals surface area contributed by atoms with Crippen molar-refractivity contribution in [1.82, 2.24) is 0 Å². The Morgan fingerprint density at radius 1 is 1.53 bits per heavy atom. The number of ether oxygens (including phenoxy) is 2. The van der Waals surface area contributed by atoms with E-state index in [-0.39, 0.29) is 11.9 Å². The molecule has 0 aromatic heterocycles. The topological polar surface area (TPSA) is 35.5 Å². The Balaban J connectivity index is 1.99. The van der Waals surface area contributed by atoms with E-state index < -0.39 is 0 Å². The summed E-state index contributed by atoms with van der Waals surface area (Å²) in [6, 6.07) is 5.51. The Bertz CT molecular complexity index is 439. The zero-order valence-corrected chi connectivity index (χ0v) is 12.7. The average molecular weight is 327 g/mol. The van der Waals surface area contributed by atoms with Gasteiger partial charge in [-0.05, 0) is 53.4 Å². The number of rotatable bonds is 6. The van der Waals surface area contributed by atoms with Gasteiger partial charge in [0.05, 0.1) is 17.2 Å². The van der Waals surface area contributed by atoms with Gasteiger partial charge in [0.25, 0.3) is 0 Å². The minimum atomic E-state index is 0.0993. The summed E-state index contributed by atoms with van der Waals surface area (Å²) in [6.45, 7) is 3.53. The van der Waals surface area contributed by atoms with Crippen LogP contribution in [0.5, 0.6) is 5.75 Å². The Morgan fingerprint density at radius 2 is 2.37 bits per heavy atom. The Kier molecular flexibility index (Phi) is 5.40. The minimum Gasteiger partial charge on any atom is -0.492 e. The highest BCUT2D eigenvalue weighted by Gasteiger charge is 2.20. The number of hydrogen-bond donors (Lipinski definition) is 0. The smallest absolute Gasteiger partial charge is 0.165 e. The van der Waals surface area contributed by atoms with Gasteiger partial charge in [-0.1, -0.05) is 6.92 Å². The SMILES string of the molecule is CCCOc1ccc(C(=O)CC2CCCO2)cc1Br. The number of benzene rings is 1. The summed E-state index contributed by atoms with van der Waals surface area (Å²) in [5, 5.41) is 0. The van der Waals surface area contributed by atoms with Gasteiger partial charge in [-0.2, -0.15) is 0 Å². The number of hydrogen-bond acceptors (Lipinski definition) is 3. The molecule has 1 aliphatic rings. The van der Waals surface area contributed by atoms with E-state index in [1.165, 1.54) is 0 Å². The van der Waals surface area contributed by atoms with Crippen molar-refractivity contribution in [3.05, 3.63) is 28.2 Å². The van der Waals surface area contributed by atoms with Gasteiger partial charge >= 0.3 is 0 Å². The maximum absolute atomic E-state index is 12.1. The van der Waals surface area contributed by atoms with Gasteiger partial charge in [0.15, 0.2) is 5.78 Å². The van der Waals surface area contributed by atoms with Crippen LogP contribution in [0.25, 0.3) is 0 Å². The lowest BCUT2D eigenvalue weighted by Gasteiger charge is -2.10. The molecule has 3 nitrogen and oxygen atoms in total. The number of carbonyl (C=O) groups is 1. The summed E-state index contributed by atoms with van der Waals surface area (Å²) in [6.07, 6.45) is 3.59. The average Bonchev–Trinajstić information content (AvgIpc) is 2.90. The second kappa shape index (κ2) is 7.06. The van der Waals surface area contributed by atoms with Crippen molar-refractivity contribution in [2.24, 2.45) is 0 Å². The molecule has 0 radical (unpaired) electrons. The molecule has 0 N–H and O–H groups in total. The van der Waals surface area contributed by atoms with Gasteiger partial charge < -0.3 is 9.47 Å². The largest absolute Gasteiger partial charge is 0.492 e. The lowest BCUT2D eigenvalue weighted by Crippen LogP contribution is -2.12. The summed E-state index contributed by atoms with van der Waals surface area (Å²) in [4.78, 5) is 12.1. The van der Waals surface area contributed by atoms with Crippen LogP contribution in [0.4, 0.5) is 0 Å². The van der Waals surface area contributed by atoms with Crippen LogP contribution in [0, 0.1) is 0 Å². The molecule has 4 heteroatoms. The van der Waals surface area contributed by atoms with Gasteiger partial charge in [0.2, 0.25) is 0 Å². The Morgan fingerprint density at radius 3 is 3.00 bits per heavy atom. The molecule has 0 bridgehead atoms. The minimum absolute atomic E-state index is 0.0993. The first-order chi connectivity index (χ1) is 9.20. The third-order valence-corrected chi connectivity index (χ3v) is 3.77.